The van der Waals surface area contributed by atoms with Crippen LogP contribution in [0.5, 0.6) is 0 Å². The fourth-order valence-electron chi connectivity index (χ4n) is 2.28. The van der Waals surface area contributed by atoms with Crippen LogP contribution in [0.2, 0.25) is 0 Å². The van der Waals surface area contributed by atoms with Gasteiger partial charge in [0, 0.05) is 18.0 Å². The summed E-state index contributed by atoms with van der Waals surface area (Å²) in [7, 11) is 0. The predicted octanol–water partition coefficient (Wildman–Crippen LogP) is 1.86. The van der Waals surface area contributed by atoms with Crippen molar-refractivity contribution >= 4 is 35.7 Å². The first-order valence-electron chi connectivity index (χ1n) is 7.37. The molecule has 1 N–H and O–H groups in total. The highest BCUT2D eigenvalue weighted by Crippen LogP contribution is 2.17. The Kier molecular flexibility index (Phi) is 4.90. The number of barbiturate groups is 1. The van der Waals surface area contributed by atoms with Gasteiger partial charge < -0.3 is 0 Å². The lowest BCUT2D eigenvalue weighted by Gasteiger charge is -2.26. The molecule has 0 unspecified atom stereocenters. The van der Waals surface area contributed by atoms with Gasteiger partial charge in [0.25, 0.3) is 11.8 Å². The Hall–Kier alpha value is -3.00. The molecule has 3 rings (SSSR count). The van der Waals surface area contributed by atoms with Gasteiger partial charge >= 0.3 is 6.03 Å². The molecule has 0 saturated carbocycles. The fourth-order valence-corrected chi connectivity index (χ4v) is 2.59. The number of hydrogen-bond acceptors (Lipinski definition) is 6. The van der Waals surface area contributed by atoms with E-state index in [2.05, 4.69) is 15.3 Å². The molecule has 1 aromatic heterocycles. The first kappa shape index (κ1) is 16.8. The third-order valence-electron chi connectivity index (χ3n) is 3.51. The van der Waals surface area contributed by atoms with Gasteiger partial charge in [-0.15, -0.1) is 0 Å². The lowest BCUT2D eigenvalue weighted by Crippen LogP contribution is -2.53. The second-order valence-electron chi connectivity index (χ2n) is 5.20. The molecular weight excluding hydrogens is 340 g/mol. The number of rotatable bonds is 4. The first-order chi connectivity index (χ1) is 12.1. The Bertz CT molecular complexity index is 850. The van der Waals surface area contributed by atoms with Crippen LogP contribution in [0.15, 0.2) is 53.5 Å². The average Bonchev–Trinajstić information content (AvgIpc) is 2.63. The van der Waals surface area contributed by atoms with Gasteiger partial charge in [-0.2, -0.15) is 0 Å². The topological polar surface area (TPSA) is 92.3 Å². The van der Waals surface area contributed by atoms with E-state index in [1.807, 2.05) is 24.5 Å². The normalized spacial score (nSPS) is 16.3. The van der Waals surface area contributed by atoms with Gasteiger partial charge in [0.1, 0.15) is 5.57 Å². The number of carbonyl (C=O) groups is 3. The van der Waals surface area contributed by atoms with Crippen LogP contribution in [0.1, 0.15) is 11.1 Å². The second kappa shape index (κ2) is 7.27. The second-order valence-corrected chi connectivity index (χ2v) is 5.97. The maximum atomic E-state index is 12.6. The van der Waals surface area contributed by atoms with E-state index in [9.17, 15) is 14.4 Å². The van der Waals surface area contributed by atoms with Crippen molar-refractivity contribution in [2.24, 2.45) is 0 Å². The minimum atomic E-state index is -0.731. The minimum absolute atomic E-state index is 0.0814. The SMILES string of the molecule is CSc1ncc(C=C2C(=O)NC(=O)N(Cc3ccccc3)C2=O)cn1. The summed E-state index contributed by atoms with van der Waals surface area (Å²) < 4.78 is 0. The molecule has 1 aliphatic heterocycles. The van der Waals surface area contributed by atoms with Crippen LogP contribution < -0.4 is 5.32 Å². The standard InChI is InChI=1S/C17H14N4O3S/c1-25-16-18-8-12(9-19-16)7-13-14(22)20-17(24)21(15(13)23)10-11-5-3-2-4-6-11/h2-9H,10H2,1H3,(H,20,22,24). The van der Waals surface area contributed by atoms with Crippen molar-refractivity contribution in [3.63, 3.8) is 0 Å². The Morgan fingerprint density at radius 1 is 1.12 bits per heavy atom. The van der Waals surface area contributed by atoms with Crippen molar-refractivity contribution in [1.82, 2.24) is 20.2 Å². The van der Waals surface area contributed by atoms with E-state index in [0.29, 0.717) is 10.7 Å². The summed E-state index contributed by atoms with van der Waals surface area (Å²) in [5, 5.41) is 2.77. The predicted molar refractivity (Wildman–Crippen MR) is 92.3 cm³/mol. The highest BCUT2D eigenvalue weighted by Gasteiger charge is 2.35. The van der Waals surface area contributed by atoms with Crippen molar-refractivity contribution in [3.05, 3.63) is 59.4 Å². The molecular formula is C17H14N4O3S. The zero-order chi connectivity index (χ0) is 17.8. The highest BCUT2D eigenvalue weighted by atomic mass is 32.2. The minimum Gasteiger partial charge on any atom is -0.273 e. The third kappa shape index (κ3) is 3.74. The van der Waals surface area contributed by atoms with Crippen LogP contribution in [0, 0.1) is 0 Å². The zero-order valence-electron chi connectivity index (χ0n) is 13.3. The Morgan fingerprint density at radius 2 is 1.80 bits per heavy atom. The van der Waals surface area contributed by atoms with E-state index in [-0.39, 0.29) is 12.1 Å². The van der Waals surface area contributed by atoms with Gasteiger partial charge in [-0.25, -0.2) is 14.8 Å². The molecule has 25 heavy (non-hydrogen) atoms. The van der Waals surface area contributed by atoms with Gasteiger partial charge in [0.2, 0.25) is 0 Å². The average molecular weight is 354 g/mol. The lowest BCUT2D eigenvalue weighted by atomic mass is 10.1. The van der Waals surface area contributed by atoms with Gasteiger partial charge in [-0.1, -0.05) is 42.1 Å². The van der Waals surface area contributed by atoms with Crippen molar-refractivity contribution < 1.29 is 14.4 Å². The van der Waals surface area contributed by atoms with Crippen molar-refractivity contribution in [1.29, 1.82) is 0 Å². The molecule has 1 fully saturated rings. The number of urea groups is 1. The summed E-state index contributed by atoms with van der Waals surface area (Å²) >= 11 is 1.38. The highest BCUT2D eigenvalue weighted by molar-refractivity contribution is 7.98. The van der Waals surface area contributed by atoms with Crippen LogP contribution in [-0.2, 0) is 16.1 Å². The van der Waals surface area contributed by atoms with Crippen molar-refractivity contribution in [2.75, 3.05) is 6.26 Å². The molecule has 2 heterocycles. The zero-order valence-corrected chi connectivity index (χ0v) is 14.1. The van der Waals surface area contributed by atoms with Crippen LogP contribution in [0.25, 0.3) is 6.08 Å². The van der Waals surface area contributed by atoms with Gasteiger partial charge in [-0.05, 0) is 17.9 Å². The number of aromatic nitrogens is 2. The van der Waals surface area contributed by atoms with Gasteiger partial charge in [-0.3, -0.25) is 19.8 Å². The van der Waals surface area contributed by atoms with E-state index in [4.69, 9.17) is 0 Å². The maximum Gasteiger partial charge on any atom is 0.331 e. The molecule has 1 aliphatic rings. The van der Waals surface area contributed by atoms with Crippen LogP contribution >= 0.6 is 11.8 Å². The molecule has 4 amide bonds. The molecule has 0 aliphatic carbocycles. The fraction of sp³-hybridized carbons (Fsp3) is 0.118. The van der Waals surface area contributed by atoms with E-state index in [1.165, 1.54) is 30.2 Å². The molecule has 0 bridgehead atoms. The van der Waals surface area contributed by atoms with Crippen LogP contribution in [0.3, 0.4) is 0 Å². The molecule has 8 heteroatoms. The van der Waals surface area contributed by atoms with Crippen LogP contribution in [-0.4, -0.2) is 39.0 Å². The number of benzene rings is 1. The molecule has 0 spiro atoms. The summed E-state index contributed by atoms with van der Waals surface area (Å²) in [6, 6.07) is 8.34. The van der Waals surface area contributed by atoms with Crippen molar-refractivity contribution in [3.8, 4) is 0 Å². The number of imide groups is 2. The lowest BCUT2D eigenvalue weighted by molar-refractivity contribution is -0.130. The number of nitrogens with zero attached hydrogens (tertiary/aromatic N) is 3. The molecule has 1 aromatic carbocycles. The maximum absolute atomic E-state index is 12.6. The Labute approximate surface area is 148 Å². The third-order valence-corrected chi connectivity index (χ3v) is 4.09. The van der Waals surface area contributed by atoms with Gasteiger partial charge in [0.15, 0.2) is 5.16 Å². The van der Waals surface area contributed by atoms with E-state index >= 15 is 0 Å². The summed E-state index contributed by atoms with van der Waals surface area (Å²) in [4.78, 5) is 45.9. The van der Waals surface area contributed by atoms with E-state index < -0.39 is 17.8 Å². The number of nitrogens with one attached hydrogen (secondary N) is 1. The molecule has 2 aromatic rings. The molecule has 0 atom stereocenters. The molecule has 0 radical (unpaired) electrons. The van der Waals surface area contributed by atoms with E-state index in [0.717, 1.165) is 10.5 Å². The van der Waals surface area contributed by atoms with Gasteiger partial charge in [0.05, 0.1) is 6.54 Å². The first-order valence-corrected chi connectivity index (χ1v) is 8.60. The molecule has 7 nitrogen and oxygen atoms in total. The number of amides is 4. The Balaban J connectivity index is 1.87. The Morgan fingerprint density at radius 3 is 2.44 bits per heavy atom. The summed E-state index contributed by atoms with van der Waals surface area (Å²) in [5.41, 5.74) is 1.16. The number of carbonyl (C=O) groups excluding carboxylic acids is 3. The quantitative estimate of drug-likeness (QED) is 0.390. The summed E-state index contributed by atoms with van der Waals surface area (Å²) in [6.45, 7) is 0.0814. The van der Waals surface area contributed by atoms with Crippen LogP contribution in [0.4, 0.5) is 4.79 Å². The largest absolute Gasteiger partial charge is 0.331 e. The monoisotopic (exact) mass is 354 g/mol. The smallest absolute Gasteiger partial charge is 0.273 e. The molecule has 126 valence electrons. The number of thioether (sulfide) groups is 1. The van der Waals surface area contributed by atoms with E-state index in [1.54, 1.807) is 12.1 Å². The number of hydrogen-bond donors (Lipinski definition) is 1. The molecule has 1 saturated heterocycles. The summed E-state index contributed by atoms with van der Waals surface area (Å²) in [5.74, 6) is -1.38. The van der Waals surface area contributed by atoms with Crippen molar-refractivity contribution in [2.45, 2.75) is 11.7 Å². The summed E-state index contributed by atoms with van der Waals surface area (Å²) in [6.07, 6.45) is 6.26.